The van der Waals surface area contributed by atoms with Gasteiger partial charge in [0, 0.05) is 30.1 Å². The first-order valence-corrected chi connectivity index (χ1v) is 11.8. The molecule has 1 fully saturated rings. The van der Waals surface area contributed by atoms with Gasteiger partial charge in [-0.05, 0) is 48.6 Å². The fourth-order valence-electron chi connectivity index (χ4n) is 4.53. The fourth-order valence-corrected chi connectivity index (χ4v) is 4.71. The van der Waals surface area contributed by atoms with Crippen molar-refractivity contribution in [2.45, 2.75) is 32.2 Å². The molecule has 1 aliphatic rings. The van der Waals surface area contributed by atoms with E-state index in [0.717, 1.165) is 4.90 Å². The van der Waals surface area contributed by atoms with E-state index < -0.39 is 41.0 Å². The summed E-state index contributed by atoms with van der Waals surface area (Å²) in [5.41, 5.74) is -0.287. The molecular formula is C25H23ClFN5O5. The number of hydrogen-bond acceptors (Lipinski definition) is 6. The van der Waals surface area contributed by atoms with Crippen molar-refractivity contribution in [1.82, 2.24) is 25.6 Å². The highest BCUT2D eigenvalue weighted by Crippen LogP contribution is 2.38. The highest BCUT2D eigenvalue weighted by molar-refractivity contribution is 6.30. The third kappa shape index (κ3) is 5.36. The zero-order chi connectivity index (χ0) is 26.7. The zero-order valence-corrected chi connectivity index (χ0v) is 20.5. The number of halogens is 2. The van der Waals surface area contributed by atoms with Crippen LogP contribution in [0, 0.1) is 11.2 Å². The van der Waals surface area contributed by atoms with Gasteiger partial charge in [0.05, 0.1) is 6.20 Å². The summed E-state index contributed by atoms with van der Waals surface area (Å²) < 4.78 is 14.3. The quantitative estimate of drug-likeness (QED) is 0.382. The van der Waals surface area contributed by atoms with Gasteiger partial charge in [-0.3, -0.25) is 24.1 Å². The van der Waals surface area contributed by atoms with Gasteiger partial charge in [0.15, 0.2) is 11.1 Å². The minimum atomic E-state index is -1.88. The number of aliphatic carboxylic acids is 1. The second-order valence-electron chi connectivity index (χ2n) is 8.87. The Morgan fingerprint density at radius 3 is 2.57 bits per heavy atom. The zero-order valence-electron chi connectivity index (χ0n) is 19.7. The van der Waals surface area contributed by atoms with Crippen LogP contribution in [0.1, 0.15) is 35.8 Å². The Morgan fingerprint density at radius 1 is 1.24 bits per heavy atom. The predicted octanol–water partition coefficient (Wildman–Crippen LogP) is 2.85. The Balaban J connectivity index is 1.61. The molecule has 3 N–H and O–H groups in total. The van der Waals surface area contributed by atoms with Crippen molar-refractivity contribution in [3.05, 3.63) is 70.8 Å². The smallest absolute Gasteiger partial charge is 0.319 e. The van der Waals surface area contributed by atoms with Crippen molar-refractivity contribution in [3.8, 4) is 11.1 Å². The SMILES string of the molecule is CC(=O)N1CCC(C[C@@H](Cc2ccc(-c3cc(Cl)ccc3F)cc2)NC(=O)c2cn[nH]n2)(C(=O)O)C1=O. The normalized spacial score (nSPS) is 18.0. The molecule has 1 saturated heterocycles. The lowest BCUT2D eigenvalue weighted by molar-refractivity contribution is -0.158. The number of carbonyl (C=O) groups excluding carboxylic acids is 3. The monoisotopic (exact) mass is 527 g/mol. The van der Waals surface area contributed by atoms with E-state index in [1.165, 1.54) is 31.3 Å². The number of aromatic amines is 1. The van der Waals surface area contributed by atoms with E-state index >= 15 is 0 Å². The Labute approximate surface area is 215 Å². The molecule has 1 unspecified atom stereocenters. The number of rotatable bonds is 8. The highest BCUT2D eigenvalue weighted by atomic mass is 35.5. The van der Waals surface area contributed by atoms with Crippen LogP contribution in [0.4, 0.5) is 4.39 Å². The number of benzene rings is 2. The summed E-state index contributed by atoms with van der Waals surface area (Å²) in [6.45, 7) is 1.17. The van der Waals surface area contributed by atoms with E-state index in [1.54, 1.807) is 24.3 Å². The van der Waals surface area contributed by atoms with Gasteiger partial charge in [-0.15, -0.1) is 0 Å². The van der Waals surface area contributed by atoms with Gasteiger partial charge in [-0.2, -0.15) is 15.4 Å². The summed E-state index contributed by atoms with van der Waals surface area (Å²) >= 11 is 6.00. The van der Waals surface area contributed by atoms with Crippen LogP contribution in [0.15, 0.2) is 48.7 Å². The number of carbonyl (C=O) groups is 4. The number of likely N-dealkylation sites (tertiary alicyclic amines) is 1. The summed E-state index contributed by atoms with van der Waals surface area (Å²) in [4.78, 5) is 50.8. The van der Waals surface area contributed by atoms with Crippen LogP contribution in [0.2, 0.25) is 5.02 Å². The Bertz CT molecular complexity index is 1350. The first-order chi connectivity index (χ1) is 17.6. The molecule has 1 aliphatic heterocycles. The Kier molecular flexibility index (Phi) is 7.35. The molecule has 3 amide bonds. The standard InChI is InChI=1S/C25H23ClFN5O5/c1-14(33)32-9-8-25(23(32)35,24(36)37)12-18(29-22(34)21-13-28-31-30-21)10-15-2-4-16(5-3-15)19-11-17(26)6-7-20(19)27/h2-7,11,13,18H,8-10,12H2,1H3,(H,29,34)(H,36,37)(H,28,30,31)/t18-,25?/m1/s1. The summed E-state index contributed by atoms with van der Waals surface area (Å²) in [6, 6.07) is 10.2. The average molecular weight is 528 g/mol. The number of nitrogens with zero attached hydrogens (tertiary/aromatic N) is 3. The predicted molar refractivity (Wildman–Crippen MR) is 130 cm³/mol. The molecule has 4 rings (SSSR count). The second kappa shape index (κ2) is 10.5. The van der Waals surface area contributed by atoms with E-state index in [4.69, 9.17) is 11.6 Å². The molecule has 0 bridgehead atoms. The number of nitrogens with one attached hydrogen (secondary N) is 2. The van der Waals surface area contributed by atoms with Crippen molar-refractivity contribution in [2.75, 3.05) is 6.54 Å². The van der Waals surface area contributed by atoms with Crippen molar-refractivity contribution in [1.29, 1.82) is 0 Å². The van der Waals surface area contributed by atoms with Crippen LogP contribution in [0.3, 0.4) is 0 Å². The largest absolute Gasteiger partial charge is 0.480 e. The lowest BCUT2D eigenvalue weighted by Crippen LogP contribution is -2.48. The Hall–Kier alpha value is -4.12. The number of aromatic nitrogens is 3. The summed E-state index contributed by atoms with van der Waals surface area (Å²) in [7, 11) is 0. The summed E-state index contributed by atoms with van der Waals surface area (Å²) in [5, 5.41) is 22.8. The van der Waals surface area contributed by atoms with Crippen LogP contribution in [-0.2, 0) is 20.8 Å². The topological polar surface area (TPSA) is 145 Å². The minimum Gasteiger partial charge on any atom is -0.480 e. The fraction of sp³-hybridized carbons (Fsp3) is 0.280. The van der Waals surface area contributed by atoms with Crippen molar-refractivity contribution < 1.29 is 28.7 Å². The molecule has 2 atom stereocenters. The number of carboxylic acid groups (broad SMARTS) is 1. The molecular weight excluding hydrogens is 505 g/mol. The van der Waals surface area contributed by atoms with Crippen LogP contribution in [0.5, 0.6) is 0 Å². The maximum absolute atomic E-state index is 14.3. The van der Waals surface area contributed by atoms with E-state index in [2.05, 4.69) is 20.7 Å². The molecule has 3 aromatic rings. The van der Waals surface area contributed by atoms with Gasteiger partial charge in [0.25, 0.3) is 5.91 Å². The number of carboxylic acids is 1. The number of imide groups is 1. The number of hydrogen-bond donors (Lipinski definition) is 3. The van der Waals surface area contributed by atoms with Gasteiger partial charge in [-0.1, -0.05) is 35.9 Å². The summed E-state index contributed by atoms with van der Waals surface area (Å²) in [5.74, 6) is -3.76. The molecule has 37 heavy (non-hydrogen) atoms. The van der Waals surface area contributed by atoms with Crippen LogP contribution >= 0.6 is 11.6 Å². The first kappa shape index (κ1) is 26.0. The van der Waals surface area contributed by atoms with Crippen LogP contribution in [0.25, 0.3) is 11.1 Å². The lowest BCUT2D eigenvalue weighted by atomic mass is 9.78. The second-order valence-corrected chi connectivity index (χ2v) is 9.30. The van der Waals surface area contributed by atoms with Gasteiger partial charge in [0.1, 0.15) is 5.82 Å². The molecule has 1 aromatic heterocycles. The molecule has 12 heteroatoms. The third-order valence-corrected chi connectivity index (χ3v) is 6.69. The third-order valence-electron chi connectivity index (χ3n) is 6.46. The molecule has 192 valence electrons. The lowest BCUT2D eigenvalue weighted by Gasteiger charge is -2.28. The highest BCUT2D eigenvalue weighted by Gasteiger charge is 2.55. The molecule has 0 saturated carbocycles. The summed E-state index contributed by atoms with van der Waals surface area (Å²) in [6.07, 6.45) is 1.04. The number of amides is 3. The molecule has 0 radical (unpaired) electrons. The maximum Gasteiger partial charge on any atom is 0.319 e. The number of H-pyrrole nitrogens is 1. The maximum atomic E-state index is 14.3. The van der Waals surface area contributed by atoms with Crippen molar-refractivity contribution >= 4 is 35.3 Å². The Morgan fingerprint density at radius 2 is 1.97 bits per heavy atom. The van der Waals surface area contributed by atoms with Crippen LogP contribution in [-0.4, -0.2) is 61.7 Å². The van der Waals surface area contributed by atoms with E-state index in [9.17, 15) is 28.7 Å². The molecule has 0 spiro atoms. The van der Waals surface area contributed by atoms with E-state index in [-0.39, 0.29) is 31.5 Å². The van der Waals surface area contributed by atoms with Crippen molar-refractivity contribution in [2.24, 2.45) is 5.41 Å². The van der Waals surface area contributed by atoms with E-state index in [1.807, 2.05) is 0 Å². The van der Waals surface area contributed by atoms with Gasteiger partial charge in [0.2, 0.25) is 11.8 Å². The molecule has 0 aliphatic carbocycles. The minimum absolute atomic E-state index is 0.00994. The van der Waals surface area contributed by atoms with Gasteiger partial charge in [-0.25, -0.2) is 4.39 Å². The van der Waals surface area contributed by atoms with Crippen LogP contribution < -0.4 is 5.32 Å². The van der Waals surface area contributed by atoms with Gasteiger partial charge < -0.3 is 10.4 Å². The molecule has 2 heterocycles. The molecule has 10 nitrogen and oxygen atoms in total. The van der Waals surface area contributed by atoms with E-state index in [0.29, 0.717) is 21.7 Å². The average Bonchev–Trinajstić information content (AvgIpc) is 3.51. The van der Waals surface area contributed by atoms with Gasteiger partial charge >= 0.3 is 5.97 Å². The van der Waals surface area contributed by atoms with Crippen molar-refractivity contribution in [3.63, 3.8) is 0 Å². The first-order valence-electron chi connectivity index (χ1n) is 11.4. The molecule has 2 aromatic carbocycles.